The number of carbonyl (C=O) groups excluding carboxylic acids is 1. The summed E-state index contributed by atoms with van der Waals surface area (Å²) in [6.45, 7) is 4.00. The topological polar surface area (TPSA) is 55.1 Å². The van der Waals surface area contributed by atoms with Gasteiger partial charge in [-0.05, 0) is 0 Å². The fraction of sp³-hybridized carbons (Fsp3) is 0.429. The van der Waals surface area contributed by atoms with Crippen molar-refractivity contribution >= 4 is 5.91 Å². The molecule has 0 atom stereocenters. The Morgan fingerprint density at radius 3 is 2.64 bits per heavy atom. The van der Waals surface area contributed by atoms with Crippen molar-refractivity contribution in [3.8, 4) is 0 Å². The molecular weight excluding hydrogens is 144 g/mol. The Morgan fingerprint density at radius 2 is 2.27 bits per heavy atom. The highest BCUT2D eigenvalue weighted by Gasteiger charge is 2.04. The molecule has 1 amide bonds. The molecule has 62 valence electrons. The Bertz CT molecular complexity index is 194. The maximum absolute atomic E-state index is 10.6. The average Bonchev–Trinajstić information content (AvgIpc) is 2.59. The fourth-order valence-corrected chi connectivity index (χ4v) is 0.456. The van der Waals surface area contributed by atoms with Crippen LogP contribution in [0.25, 0.3) is 0 Å². The van der Waals surface area contributed by atoms with Gasteiger partial charge < -0.3 is 9.84 Å². The molecule has 1 aromatic rings. The third kappa shape index (κ3) is 2.84. The monoisotopic (exact) mass is 156 g/mol. The van der Waals surface area contributed by atoms with E-state index in [1.165, 1.54) is 19.3 Å². The van der Waals surface area contributed by atoms with Crippen LogP contribution in [0.3, 0.4) is 0 Å². The summed E-state index contributed by atoms with van der Waals surface area (Å²) in [5.74, 6) is -0.0231. The zero-order chi connectivity index (χ0) is 8.69. The molecule has 0 aliphatic rings. The minimum Gasteiger partial charge on any atom is -0.352 e. The van der Waals surface area contributed by atoms with Crippen LogP contribution in [-0.4, -0.2) is 18.1 Å². The van der Waals surface area contributed by atoms with E-state index in [9.17, 15) is 4.79 Å². The lowest BCUT2D eigenvalue weighted by molar-refractivity contribution is 0.0926. The number of aromatic nitrogens is 1. The van der Waals surface area contributed by atoms with E-state index >= 15 is 0 Å². The lowest BCUT2D eigenvalue weighted by Gasteiger charge is -1.88. The Morgan fingerprint density at radius 1 is 1.64 bits per heavy atom. The van der Waals surface area contributed by atoms with Crippen molar-refractivity contribution in [2.24, 2.45) is 0 Å². The molecular formula is C7H12N2O2. The van der Waals surface area contributed by atoms with E-state index in [0.717, 1.165) is 0 Å². The molecule has 4 heteroatoms. The van der Waals surface area contributed by atoms with Crippen molar-refractivity contribution in [1.29, 1.82) is 0 Å². The van der Waals surface area contributed by atoms with Gasteiger partial charge in [0.05, 0.1) is 6.20 Å². The van der Waals surface area contributed by atoms with E-state index in [-0.39, 0.29) is 11.7 Å². The maximum atomic E-state index is 10.6. The first-order valence-electron chi connectivity index (χ1n) is 3.47. The zero-order valence-corrected chi connectivity index (χ0v) is 6.92. The van der Waals surface area contributed by atoms with E-state index in [4.69, 9.17) is 0 Å². The largest absolute Gasteiger partial charge is 0.352 e. The predicted octanol–water partition coefficient (Wildman–Crippen LogP) is 1.06. The highest BCUT2D eigenvalue weighted by molar-refractivity contribution is 5.90. The van der Waals surface area contributed by atoms with E-state index in [2.05, 4.69) is 15.0 Å². The molecule has 11 heavy (non-hydrogen) atoms. The lowest BCUT2D eigenvalue weighted by atomic mass is 10.4. The number of amides is 1. The van der Waals surface area contributed by atoms with Crippen LogP contribution in [0, 0.1) is 0 Å². The summed E-state index contributed by atoms with van der Waals surface area (Å²) in [5, 5.41) is 5.75. The van der Waals surface area contributed by atoms with E-state index in [1.54, 1.807) is 0 Å². The number of rotatable bonds is 1. The number of hydrogen-bond acceptors (Lipinski definition) is 3. The molecule has 1 heterocycles. The molecule has 1 N–H and O–H groups in total. The van der Waals surface area contributed by atoms with Crippen LogP contribution in [0.2, 0.25) is 0 Å². The molecule has 1 rings (SSSR count). The van der Waals surface area contributed by atoms with Gasteiger partial charge in [0, 0.05) is 13.1 Å². The minimum absolute atomic E-state index is 0.234. The SMILES string of the molecule is CC.CNC(=O)c1ccno1. The summed E-state index contributed by atoms with van der Waals surface area (Å²) < 4.78 is 4.52. The summed E-state index contributed by atoms with van der Waals surface area (Å²) in [6.07, 6.45) is 1.42. The normalized spacial score (nSPS) is 7.91. The third-order valence-electron chi connectivity index (χ3n) is 0.889. The highest BCUT2D eigenvalue weighted by Crippen LogP contribution is 1.93. The summed E-state index contributed by atoms with van der Waals surface area (Å²) in [4.78, 5) is 10.6. The molecule has 0 saturated carbocycles. The van der Waals surface area contributed by atoms with Crippen LogP contribution in [0.5, 0.6) is 0 Å². The summed E-state index contributed by atoms with van der Waals surface area (Å²) >= 11 is 0. The average molecular weight is 156 g/mol. The Labute approximate surface area is 65.6 Å². The first kappa shape index (κ1) is 9.68. The molecule has 0 aliphatic carbocycles. The summed E-state index contributed by atoms with van der Waals surface area (Å²) in [7, 11) is 1.53. The van der Waals surface area contributed by atoms with E-state index < -0.39 is 0 Å². The van der Waals surface area contributed by atoms with Gasteiger partial charge in [0.25, 0.3) is 5.91 Å². The first-order valence-corrected chi connectivity index (χ1v) is 3.47. The molecule has 0 aromatic carbocycles. The molecule has 1 aromatic heterocycles. The van der Waals surface area contributed by atoms with Gasteiger partial charge >= 0.3 is 0 Å². The number of nitrogens with zero attached hydrogens (tertiary/aromatic N) is 1. The van der Waals surface area contributed by atoms with E-state index in [0.29, 0.717) is 0 Å². The quantitative estimate of drug-likeness (QED) is 0.661. The van der Waals surface area contributed by atoms with Crippen molar-refractivity contribution in [2.45, 2.75) is 13.8 Å². The minimum atomic E-state index is -0.257. The van der Waals surface area contributed by atoms with Crippen molar-refractivity contribution in [2.75, 3.05) is 7.05 Å². The van der Waals surface area contributed by atoms with Crippen LogP contribution in [-0.2, 0) is 0 Å². The third-order valence-corrected chi connectivity index (χ3v) is 0.889. The van der Waals surface area contributed by atoms with Crippen LogP contribution in [0.1, 0.15) is 24.4 Å². The van der Waals surface area contributed by atoms with Gasteiger partial charge in [0.15, 0.2) is 0 Å². The summed E-state index contributed by atoms with van der Waals surface area (Å²) in [6, 6.07) is 1.50. The van der Waals surface area contributed by atoms with Crippen LogP contribution < -0.4 is 5.32 Å². The smallest absolute Gasteiger partial charge is 0.289 e. The number of carbonyl (C=O) groups is 1. The second-order valence-electron chi connectivity index (χ2n) is 1.46. The van der Waals surface area contributed by atoms with Gasteiger partial charge in [-0.3, -0.25) is 4.79 Å². The predicted molar refractivity (Wildman–Crippen MR) is 41.2 cm³/mol. The molecule has 0 saturated heterocycles. The highest BCUT2D eigenvalue weighted by atomic mass is 16.5. The van der Waals surface area contributed by atoms with Gasteiger partial charge in [-0.2, -0.15) is 0 Å². The molecule has 0 spiro atoms. The number of hydrogen-bond donors (Lipinski definition) is 1. The molecule has 4 nitrogen and oxygen atoms in total. The fourth-order valence-electron chi connectivity index (χ4n) is 0.456. The Hall–Kier alpha value is -1.32. The maximum Gasteiger partial charge on any atom is 0.289 e. The first-order chi connectivity index (χ1) is 5.34. The van der Waals surface area contributed by atoms with E-state index in [1.807, 2.05) is 13.8 Å². The molecule has 0 bridgehead atoms. The van der Waals surface area contributed by atoms with Gasteiger partial charge in [-0.25, -0.2) is 0 Å². The Balaban J connectivity index is 0.000000461. The van der Waals surface area contributed by atoms with Crippen LogP contribution >= 0.6 is 0 Å². The van der Waals surface area contributed by atoms with Crippen molar-refractivity contribution in [1.82, 2.24) is 10.5 Å². The van der Waals surface area contributed by atoms with Crippen LogP contribution in [0.15, 0.2) is 16.8 Å². The lowest BCUT2D eigenvalue weighted by Crippen LogP contribution is -2.16. The molecule has 0 fully saturated rings. The molecule has 0 radical (unpaired) electrons. The summed E-state index contributed by atoms with van der Waals surface area (Å²) in [5.41, 5.74) is 0. The van der Waals surface area contributed by atoms with Gasteiger partial charge in [0.2, 0.25) is 5.76 Å². The van der Waals surface area contributed by atoms with Crippen molar-refractivity contribution in [3.05, 3.63) is 18.0 Å². The van der Waals surface area contributed by atoms with Gasteiger partial charge in [-0.15, -0.1) is 0 Å². The van der Waals surface area contributed by atoms with Crippen molar-refractivity contribution in [3.63, 3.8) is 0 Å². The second-order valence-corrected chi connectivity index (χ2v) is 1.46. The number of nitrogens with one attached hydrogen (secondary N) is 1. The van der Waals surface area contributed by atoms with Gasteiger partial charge in [-0.1, -0.05) is 19.0 Å². The molecule has 0 aliphatic heterocycles. The zero-order valence-electron chi connectivity index (χ0n) is 6.92. The Kier molecular flexibility index (Phi) is 4.81. The standard InChI is InChI=1S/C5H6N2O2.C2H6/c1-6-5(8)4-2-3-7-9-4;1-2/h2-3H,1H3,(H,6,8);1-2H3. The van der Waals surface area contributed by atoms with Crippen LogP contribution in [0.4, 0.5) is 0 Å². The van der Waals surface area contributed by atoms with Gasteiger partial charge in [0.1, 0.15) is 0 Å². The van der Waals surface area contributed by atoms with Crippen molar-refractivity contribution < 1.29 is 9.32 Å². The molecule has 0 unspecified atom stereocenters. The second kappa shape index (κ2) is 5.46.